The highest BCUT2D eigenvalue weighted by atomic mass is 35.5. The summed E-state index contributed by atoms with van der Waals surface area (Å²) in [6, 6.07) is 5.43. The number of thioether (sulfide) groups is 1. The van der Waals surface area contributed by atoms with Crippen LogP contribution in [0, 0.1) is 11.8 Å². The van der Waals surface area contributed by atoms with Crippen LogP contribution in [0.5, 0.6) is 5.75 Å². The van der Waals surface area contributed by atoms with Crippen LogP contribution in [-0.4, -0.2) is 64.5 Å². The van der Waals surface area contributed by atoms with Crippen LogP contribution in [0.2, 0.25) is 5.02 Å². The van der Waals surface area contributed by atoms with Crippen molar-refractivity contribution in [1.82, 2.24) is 9.88 Å². The molecule has 2 unspecified atom stereocenters. The van der Waals surface area contributed by atoms with Crippen molar-refractivity contribution in [2.24, 2.45) is 11.8 Å². The standard InChI is InChI=1S/C25H31ClN2O4S/c1-32-18-3-6-22-20(13-18)25(21(26)14-27-22)23(29)7-2-16-8-9-28(10-11-33-19-4-5-19)15-17(16)12-24(30)31/h3,6,13-14,16-17,19H,2,4-5,7-12,15H2,1H3,(H,30,31). The van der Waals surface area contributed by atoms with Gasteiger partial charge in [0.15, 0.2) is 5.78 Å². The van der Waals surface area contributed by atoms with E-state index in [2.05, 4.69) is 9.88 Å². The quantitative estimate of drug-likeness (QED) is 0.435. The van der Waals surface area contributed by atoms with E-state index in [-0.39, 0.29) is 24.0 Å². The molecule has 0 bridgehead atoms. The molecule has 4 rings (SSSR count). The molecule has 178 valence electrons. The molecule has 1 aromatic carbocycles. The smallest absolute Gasteiger partial charge is 0.303 e. The van der Waals surface area contributed by atoms with Crippen LogP contribution >= 0.6 is 23.4 Å². The van der Waals surface area contributed by atoms with E-state index in [0.717, 1.165) is 37.1 Å². The Kier molecular flexibility index (Phi) is 8.15. The van der Waals surface area contributed by atoms with Crippen molar-refractivity contribution in [3.63, 3.8) is 0 Å². The lowest BCUT2D eigenvalue weighted by molar-refractivity contribution is -0.139. The van der Waals surface area contributed by atoms with Gasteiger partial charge in [0.25, 0.3) is 0 Å². The van der Waals surface area contributed by atoms with Gasteiger partial charge < -0.3 is 14.7 Å². The normalized spacial score (nSPS) is 21.3. The number of nitrogens with zero attached hydrogens (tertiary/aromatic N) is 2. The van der Waals surface area contributed by atoms with Crippen LogP contribution < -0.4 is 4.74 Å². The fraction of sp³-hybridized carbons (Fsp3) is 0.560. The molecule has 2 heterocycles. The molecule has 0 spiro atoms. The lowest BCUT2D eigenvalue weighted by Gasteiger charge is -2.38. The minimum Gasteiger partial charge on any atom is -0.497 e. The molecule has 0 radical (unpaired) electrons. The minimum atomic E-state index is -0.763. The molecule has 1 aromatic heterocycles. The largest absolute Gasteiger partial charge is 0.497 e. The van der Waals surface area contributed by atoms with Crippen LogP contribution in [0.1, 0.15) is 48.9 Å². The fourth-order valence-electron chi connectivity index (χ4n) is 4.78. The first-order valence-corrected chi connectivity index (χ1v) is 13.1. The minimum absolute atomic E-state index is 0.0296. The number of halogens is 1. The third-order valence-corrected chi connectivity index (χ3v) is 8.40. The summed E-state index contributed by atoms with van der Waals surface area (Å²) < 4.78 is 5.31. The molecule has 1 aliphatic heterocycles. The number of fused-ring (bicyclic) bond motifs is 1. The van der Waals surface area contributed by atoms with Crippen molar-refractivity contribution in [1.29, 1.82) is 0 Å². The number of methoxy groups -OCH3 is 1. The zero-order valence-electron chi connectivity index (χ0n) is 19.0. The number of piperidine rings is 1. The summed E-state index contributed by atoms with van der Waals surface area (Å²) in [6.07, 6.45) is 6.30. The van der Waals surface area contributed by atoms with E-state index < -0.39 is 5.97 Å². The number of carbonyl (C=O) groups is 2. The average Bonchev–Trinajstić information content (AvgIpc) is 3.62. The predicted molar refractivity (Wildman–Crippen MR) is 133 cm³/mol. The zero-order chi connectivity index (χ0) is 23.4. The first-order valence-electron chi connectivity index (χ1n) is 11.7. The fourth-order valence-corrected chi connectivity index (χ4v) is 6.20. The third kappa shape index (κ3) is 6.40. The molecule has 0 amide bonds. The van der Waals surface area contributed by atoms with Gasteiger partial charge >= 0.3 is 5.97 Å². The number of carboxylic acids is 1. The van der Waals surface area contributed by atoms with Crippen LogP contribution in [0.3, 0.4) is 0 Å². The van der Waals surface area contributed by atoms with Crippen molar-refractivity contribution < 1.29 is 19.4 Å². The molecule has 1 saturated carbocycles. The van der Waals surface area contributed by atoms with Gasteiger partial charge in [-0.05, 0) is 62.3 Å². The van der Waals surface area contributed by atoms with E-state index in [9.17, 15) is 14.7 Å². The first-order chi connectivity index (χ1) is 15.9. The van der Waals surface area contributed by atoms with Gasteiger partial charge in [0.05, 0.1) is 17.6 Å². The Morgan fingerprint density at radius 3 is 2.82 bits per heavy atom. The maximum atomic E-state index is 13.2. The lowest BCUT2D eigenvalue weighted by Crippen LogP contribution is -2.42. The SMILES string of the molecule is COc1ccc2ncc(Cl)c(C(=O)CCC3CCN(CCSC4CC4)CC3CC(=O)O)c2c1. The lowest BCUT2D eigenvalue weighted by atomic mass is 9.79. The maximum absolute atomic E-state index is 13.2. The second kappa shape index (κ2) is 11.1. The van der Waals surface area contributed by atoms with Gasteiger partial charge in [0.2, 0.25) is 0 Å². The number of hydrogen-bond acceptors (Lipinski definition) is 6. The van der Waals surface area contributed by atoms with Crippen molar-refractivity contribution >= 4 is 46.0 Å². The number of likely N-dealkylation sites (tertiary alicyclic amines) is 1. The van der Waals surface area contributed by atoms with Gasteiger partial charge in [0, 0.05) is 54.1 Å². The Balaban J connectivity index is 1.41. The number of carbonyl (C=O) groups excluding carboxylic acids is 1. The highest BCUT2D eigenvalue weighted by Gasteiger charge is 2.32. The predicted octanol–water partition coefficient (Wildman–Crippen LogP) is 5.17. The summed E-state index contributed by atoms with van der Waals surface area (Å²) in [5.74, 6) is 1.26. The Morgan fingerprint density at radius 1 is 1.27 bits per heavy atom. The number of hydrogen-bond donors (Lipinski definition) is 1. The molecule has 1 saturated heterocycles. The van der Waals surface area contributed by atoms with Gasteiger partial charge in [-0.2, -0.15) is 11.8 Å². The van der Waals surface area contributed by atoms with Crippen molar-refractivity contribution in [3.05, 3.63) is 35.0 Å². The van der Waals surface area contributed by atoms with Gasteiger partial charge in [-0.1, -0.05) is 11.6 Å². The van der Waals surface area contributed by atoms with Gasteiger partial charge in [-0.25, -0.2) is 0 Å². The van der Waals surface area contributed by atoms with Crippen molar-refractivity contribution in [2.75, 3.05) is 32.5 Å². The van der Waals surface area contributed by atoms with Crippen LogP contribution in [0.15, 0.2) is 24.4 Å². The molecule has 2 aromatic rings. The second-order valence-electron chi connectivity index (χ2n) is 9.10. The highest BCUT2D eigenvalue weighted by molar-refractivity contribution is 8.00. The van der Waals surface area contributed by atoms with Crippen LogP contribution in [-0.2, 0) is 4.79 Å². The Labute approximate surface area is 204 Å². The number of aliphatic carboxylic acids is 1. The number of pyridine rings is 1. The maximum Gasteiger partial charge on any atom is 0.303 e. The Hall–Kier alpha value is -1.83. The molecule has 2 atom stereocenters. The number of benzene rings is 1. The summed E-state index contributed by atoms with van der Waals surface area (Å²) in [4.78, 5) is 31.5. The first kappa shape index (κ1) is 24.3. The molecular formula is C25H31ClN2O4S. The molecule has 33 heavy (non-hydrogen) atoms. The number of Topliss-reactive ketones (excluding diaryl/α,β-unsaturated/α-hetero) is 1. The Bertz CT molecular complexity index is 1010. The monoisotopic (exact) mass is 490 g/mol. The van der Waals surface area contributed by atoms with Crippen molar-refractivity contribution in [2.45, 2.75) is 43.8 Å². The number of aromatic nitrogens is 1. The highest BCUT2D eigenvalue weighted by Crippen LogP contribution is 2.35. The molecule has 8 heteroatoms. The van der Waals surface area contributed by atoms with Crippen molar-refractivity contribution in [3.8, 4) is 5.75 Å². The van der Waals surface area contributed by atoms with E-state index in [1.807, 2.05) is 23.9 Å². The zero-order valence-corrected chi connectivity index (χ0v) is 20.5. The molecule has 2 aliphatic rings. The van der Waals surface area contributed by atoms with E-state index in [1.165, 1.54) is 19.0 Å². The number of ether oxygens (including phenoxy) is 1. The Morgan fingerprint density at radius 2 is 2.09 bits per heavy atom. The van der Waals surface area contributed by atoms with Gasteiger partial charge in [-0.15, -0.1) is 0 Å². The third-order valence-electron chi connectivity index (χ3n) is 6.75. The van der Waals surface area contributed by atoms with E-state index in [1.54, 1.807) is 13.2 Å². The average molecular weight is 491 g/mol. The van der Waals surface area contributed by atoms with E-state index >= 15 is 0 Å². The summed E-state index contributed by atoms with van der Waals surface area (Å²) in [5.41, 5.74) is 1.18. The molecule has 6 nitrogen and oxygen atoms in total. The van der Waals surface area contributed by atoms with E-state index in [4.69, 9.17) is 16.3 Å². The molecule has 1 aliphatic carbocycles. The number of carboxylic acid groups (broad SMARTS) is 1. The summed E-state index contributed by atoms with van der Waals surface area (Å²) >= 11 is 8.44. The molecule has 2 fully saturated rings. The summed E-state index contributed by atoms with van der Waals surface area (Å²) in [6.45, 7) is 2.78. The summed E-state index contributed by atoms with van der Waals surface area (Å²) in [5, 5.41) is 11.3. The number of ketones is 1. The molecule has 1 N–H and O–H groups in total. The number of rotatable bonds is 11. The van der Waals surface area contributed by atoms with Crippen LogP contribution in [0.25, 0.3) is 10.9 Å². The second-order valence-corrected chi connectivity index (χ2v) is 10.9. The van der Waals surface area contributed by atoms with Gasteiger partial charge in [-0.3, -0.25) is 14.6 Å². The topological polar surface area (TPSA) is 79.7 Å². The molecular weight excluding hydrogens is 460 g/mol. The van der Waals surface area contributed by atoms with Gasteiger partial charge in [0.1, 0.15) is 5.75 Å². The van der Waals surface area contributed by atoms with E-state index in [0.29, 0.717) is 40.1 Å². The summed E-state index contributed by atoms with van der Waals surface area (Å²) in [7, 11) is 1.58. The van der Waals surface area contributed by atoms with Crippen LogP contribution in [0.4, 0.5) is 0 Å².